The molecule has 126 valence electrons. The highest BCUT2D eigenvalue weighted by Crippen LogP contribution is 2.28. The Morgan fingerprint density at radius 1 is 1.21 bits per heavy atom. The van der Waals surface area contributed by atoms with Gasteiger partial charge in [-0.05, 0) is 36.2 Å². The Bertz CT molecular complexity index is 700. The monoisotopic (exact) mass is 326 g/mol. The second-order valence-electron chi connectivity index (χ2n) is 5.91. The maximum absolute atomic E-state index is 11.8. The SMILES string of the molecule is CCc1ccc(OC[C@H](O)CN2CC(=O)Nc3ccccc32)cc1. The van der Waals surface area contributed by atoms with Gasteiger partial charge in [-0.1, -0.05) is 31.2 Å². The van der Waals surface area contributed by atoms with Crippen molar-refractivity contribution in [3.63, 3.8) is 0 Å². The first kappa shape index (κ1) is 16.3. The summed E-state index contributed by atoms with van der Waals surface area (Å²) in [6.45, 7) is 2.87. The van der Waals surface area contributed by atoms with Gasteiger partial charge < -0.3 is 20.1 Å². The zero-order valence-corrected chi connectivity index (χ0v) is 13.7. The largest absolute Gasteiger partial charge is 0.491 e. The lowest BCUT2D eigenvalue weighted by molar-refractivity contribution is -0.115. The van der Waals surface area contributed by atoms with E-state index in [-0.39, 0.29) is 19.1 Å². The number of hydrogen-bond donors (Lipinski definition) is 2. The summed E-state index contributed by atoms with van der Waals surface area (Å²) in [7, 11) is 0. The first-order chi connectivity index (χ1) is 11.7. The van der Waals surface area contributed by atoms with Crippen molar-refractivity contribution in [3.05, 3.63) is 54.1 Å². The number of nitrogens with zero attached hydrogens (tertiary/aromatic N) is 1. The van der Waals surface area contributed by atoms with Crippen LogP contribution in [0.15, 0.2) is 48.5 Å². The van der Waals surface area contributed by atoms with Crippen molar-refractivity contribution in [2.75, 3.05) is 29.9 Å². The standard InChI is InChI=1S/C19H22N2O3/c1-2-14-7-9-16(10-8-14)24-13-15(22)11-21-12-19(23)20-17-5-3-4-6-18(17)21/h3-10,15,22H,2,11-13H2,1H3,(H,20,23)/t15-/m1/s1. The van der Waals surface area contributed by atoms with E-state index in [1.807, 2.05) is 53.4 Å². The van der Waals surface area contributed by atoms with Crippen LogP contribution in [-0.2, 0) is 11.2 Å². The van der Waals surface area contributed by atoms with E-state index in [9.17, 15) is 9.90 Å². The summed E-state index contributed by atoms with van der Waals surface area (Å²) in [5.41, 5.74) is 2.94. The molecule has 5 nitrogen and oxygen atoms in total. The topological polar surface area (TPSA) is 61.8 Å². The molecular weight excluding hydrogens is 304 g/mol. The number of rotatable bonds is 6. The van der Waals surface area contributed by atoms with Crippen LogP contribution in [0.4, 0.5) is 11.4 Å². The van der Waals surface area contributed by atoms with E-state index in [1.165, 1.54) is 5.56 Å². The number of β-amino-alcohol motifs (C(OH)–C–C–N with tert-alkyl or cyclic N) is 1. The molecule has 1 aliphatic rings. The molecule has 5 heteroatoms. The van der Waals surface area contributed by atoms with Crippen LogP contribution >= 0.6 is 0 Å². The summed E-state index contributed by atoms with van der Waals surface area (Å²) < 4.78 is 5.65. The zero-order valence-electron chi connectivity index (χ0n) is 13.7. The van der Waals surface area contributed by atoms with Gasteiger partial charge in [0.15, 0.2) is 0 Å². The van der Waals surface area contributed by atoms with Crippen LogP contribution in [0.2, 0.25) is 0 Å². The Balaban J connectivity index is 1.58. The van der Waals surface area contributed by atoms with E-state index in [0.29, 0.717) is 6.54 Å². The Morgan fingerprint density at radius 2 is 1.96 bits per heavy atom. The number of aliphatic hydroxyl groups excluding tert-OH is 1. The van der Waals surface area contributed by atoms with Gasteiger partial charge in [0.05, 0.1) is 17.9 Å². The minimum atomic E-state index is -0.685. The zero-order chi connectivity index (χ0) is 16.9. The molecule has 0 aliphatic carbocycles. The number of aryl methyl sites for hydroxylation is 1. The van der Waals surface area contributed by atoms with Gasteiger partial charge in [-0.25, -0.2) is 0 Å². The van der Waals surface area contributed by atoms with Gasteiger partial charge in [0, 0.05) is 6.54 Å². The maximum Gasteiger partial charge on any atom is 0.243 e. The molecule has 0 radical (unpaired) electrons. The molecule has 1 atom stereocenters. The van der Waals surface area contributed by atoms with Crippen molar-refractivity contribution in [2.24, 2.45) is 0 Å². The number of anilines is 2. The molecular formula is C19H22N2O3. The van der Waals surface area contributed by atoms with Gasteiger partial charge in [-0.3, -0.25) is 4.79 Å². The van der Waals surface area contributed by atoms with Crippen molar-refractivity contribution in [2.45, 2.75) is 19.4 Å². The van der Waals surface area contributed by atoms with E-state index in [4.69, 9.17) is 4.74 Å². The van der Waals surface area contributed by atoms with E-state index >= 15 is 0 Å². The number of benzene rings is 2. The minimum absolute atomic E-state index is 0.0722. The fraction of sp³-hybridized carbons (Fsp3) is 0.316. The van der Waals surface area contributed by atoms with Crippen molar-refractivity contribution < 1.29 is 14.6 Å². The molecule has 0 bridgehead atoms. The van der Waals surface area contributed by atoms with Crippen molar-refractivity contribution in [1.29, 1.82) is 0 Å². The molecule has 2 N–H and O–H groups in total. The lowest BCUT2D eigenvalue weighted by Gasteiger charge is -2.32. The van der Waals surface area contributed by atoms with Crippen LogP contribution < -0.4 is 15.0 Å². The lowest BCUT2D eigenvalue weighted by atomic mass is 10.1. The summed E-state index contributed by atoms with van der Waals surface area (Å²) in [6, 6.07) is 15.5. The highest BCUT2D eigenvalue weighted by atomic mass is 16.5. The summed E-state index contributed by atoms with van der Waals surface area (Å²) in [6.07, 6.45) is 0.300. The number of hydrogen-bond acceptors (Lipinski definition) is 4. The number of ether oxygens (including phenoxy) is 1. The van der Waals surface area contributed by atoms with E-state index in [2.05, 4.69) is 12.2 Å². The van der Waals surface area contributed by atoms with Crippen LogP contribution in [0.5, 0.6) is 5.75 Å². The van der Waals surface area contributed by atoms with E-state index < -0.39 is 6.10 Å². The number of nitrogens with one attached hydrogen (secondary N) is 1. The predicted molar refractivity (Wildman–Crippen MR) is 94.6 cm³/mol. The van der Waals surface area contributed by atoms with Crippen LogP contribution in [0, 0.1) is 0 Å². The molecule has 0 spiro atoms. The Kier molecular flexibility index (Phi) is 5.01. The Labute approximate surface area is 141 Å². The van der Waals surface area contributed by atoms with Gasteiger partial charge in [0.1, 0.15) is 18.5 Å². The molecule has 24 heavy (non-hydrogen) atoms. The van der Waals surface area contributed by atoms with Gasteiger partial charge in [-0.2, -0.15) is 0 Å². The summed E-state index contributed by atoms with van der Waals surface area (Å²) in [5.74, 6) is 0.667. The molecule has 0 saturated heterocycles. The van der Waals surface area contributed by atoms with Gasteiger partial charge >= 0.3 is 0 Å². The molecule has 3 rings (SSSR count). The van der Waals surface area contributed by atoms with Crippen molar-refractivity contribution in [3.8, 4) is 5.75 Å². The fourth-order valence-corrected chi connectivity index (χ4v) is 2.79. The third-order valence-corrected chi connectivity index (χ3v) is 4.06. The first-order valence-electron chi connectivity index (χ1n) is 8.19. The maximum atomic E-state index is 11.8. The van der Waals surface area contributed by atoms with Crippen LogP contribution in [0.25, 0.3) is 0 Å². The average molecular weight is 326 g/mol. The van der Waals surface area contributed by atoms with Gasteiger partial charge in [0.2, 0.25) is 5.91 Å². The quantitative estimate of drug-likeness (QED) is 0.856. The van der Waals surface area contributed by atoms with Crippen LogP contribution in [-0.4, -0.2) is 36.8 Å². The average Bonchev–Trinajstić information content (AvgIpc) is 2.60. The molecule has 1 heterocycles. The molecule has 0 fully saturated rings. The third-order valence-electron chi connectivity index (χ3n) is 4.06. The number of fused-ring (bicyclic) bond motifs is 1. The number of carbonyl (C=O) groups is 1. The summed E-state index contributed by atoms with van der Waals surface area (Å²) >= 11 is 0. The predicted octanol–water partition coefficient (Wildman–Crippen LogP) is 2.45. The summed E-state index contributed by atoms with van der Waals surface area (Å²) in [4.78, 5) is 13.7. The second kappa shape index (κ2) is 7.36. The lowest BCUT2D eigenvalue weighted by Crippen LogP contribution is -2.43. The van der Waals surface area contributed by atoms with Crippen molar-refractivity contribution in [1.82, 2.24) is 0 Å². The molecule has 0 aromatic heterocycles. The highest BCUT2D eigenvalue weighted by Gasteiger charge is 2.23. The molecule has 1 amide bonds. The number of amides is 1. The molecule has 2 aromatic carbocycles. The van der Waals surface area contributed by atoms with E-state index in [1.54, 1.807) is 0 Å². The highest BCUT2D eigenvalue weighted by molar-refractivity contribution is 6.01. The fourth-order valence-electron chi connectivity index (χ4n) is 2.79. The smallest absolute Gasteiger partial charge is 0.243 e. The molecule has 2 aromatic rings. The molecule has 0 unspecified atom stereocenters. The third kappa shape index (κ3) is 3.86. The number of aliphatic hydroxyl groups is 1. The molecule has 0 saturated carbocycles. The van der Waals surface area contributed by atoms with Gasteiger partial charge in [-0.15, -0.1) is 0 Å². The first-order valence-corrected chi connectivity index (χ1v) is 8.19. The van der Waals surface area contributed by atoms with Crippen LogP contribution in [0.3, 0.4) is 0 Å². The number of para-hydroxylation sites is 2. The molecule has 1 aliphatic heterocycles. The van der Waals surface area contributed by atoms with E-state index in [0.717, 1.165) is 23.5 Å². The van der Waals surface area contributed by atoms with Gasteiger partial charge in [0.25, 0.3) is 0 Å². The second-order valence-corrected chi connectivity index (χ2v) is 5.91. The number of carbonyl (C=O) groups excluding carboxylic acids is 1. The van der Waals surface area contributed by atoms with Crippen LogP contribution in [0.1, 0.15) is 12.5 Å². The van der Waals surface area contributed by atoms with Crippen molar-refractivity contribution >= 4 is 17.3 Å². The Morgan fingerprint density at radius 3 is 2.71 bits per heavy atom. The normalized spacial score (nSPS) is 14.8. The Hall–Kier alpha value is -2.53. The summed E-state index contributed by atoms with van der Waals surface area (Å²) in [5, 5.41) is 13.1. The minimum Gasteiger partial charge on any atom is -0.491 e.